The Morgan fingerprint density at radius 1 is 1.29 bits per heavy atom. The first-order valence-corrected chi connectivity index (χ1v) is 5.52. The van der Waals surface area contributed by atoms with Crippen molar-refractivity contribution in [2.75, 3.05) is 20.3 Å². The Hall–Kier alpha value is -1.33. The molecule has 0 radical (unpaired) electrons. The van der Waals surface area contributed by atoms with Gasteiger partial charge in [0.2, 0.25) is 0 Å². The molecule has 0 heterocycles. The van der Waals surface area contributed by atoms with Crippen molar-refractivity contribution < 1.29 is 24.1 Å². The van der Waals surface area contributed by atoms with E-state index in [-0.39, 0.29) is 12.0 Å². The van der Waals surface area contributed by atoms with E-state index in [1.807, 2.05) is 13.8 Å². The van der Waals surface area contributed by atoms with E-state index < -0.39 is 5.97 Å². The van der Waals surface area contributed by atoms with Gasteiger partial charge in [-0.2, -0.15) is 0 Å². The van der Waals surface area contributed by atoms with Crippen LogP contribution in [0.3, 0.4) is 0 Å². The van der Waals surface area contributed by atoms with Gasteiger partial charge in [0.25, 0.3) is 0 Å². The highest BCUT2D eigenvalue weighted by Gasteiger charge is 2.04. The Kier molecular flexibility index (Phi) is 9.09. The van der Waals surface area contributed by atoms with Gasteiger partial charge in [0.15, 0.2) is 6.29 Å². The number of allylic oxidation sites excluding steroid dienone is 1. The van der Waals surface area contributed by atoms with Crippen molar-refractivity contribution in [3.63, 3.8) is 0 Å². The zero-order valence-electron chi connectivity index (χ0n) is 10.5. The second-order valence-corrected chi connectivity index (χ2v) is 3.07. The van der Waals surface area contributed by atoms with Crippen LogP contribution in [0.25, 0.3) is 0 Å². The summed E-state index contributed by atoms with van der Waals surface area (Å²) in [6, 6.07) is 0. The fraction of sp³-hybridized carbons (Fsp3) is 0.583. The summed E-state index contributed by atoms with van der Waals surface area (Å²) in [6.07, 6.45) is 4.24. The van der Waals surface area contributed by atoms with Crippen molar-refractivity contribution in [3.05, 3.63) is 24.0 Å². The molecule has 0 atom stereocenters. The monoisotopic (exact) mass is 244 g/mol. The van der Waals surface area contributed by atoms with Crippen LogP contribution in [0.15, 0.2) is 24.0 Å². The smallest absolute Gasteiger partial charge is 0.334 e. The second kappa shape index (κ2) is 9.86. The summed E-state index contributed by atoms with van der Waals surface area (Å²) < 4.78 is 15.0. The lowest BCUT2D eigenvalue weighted by Gasteiger charge is -2.14. The molecule has 0 aromatic heterocycles. The summed E-state index contributed by atoms with van der Waals surface area (Å²) in [5, 5.41) is 9.32. The Morgan fingerprint density at radius 2 is 1.88 bits per heavy atom. The molecule has 0 bridgehead atoms. The van der Waals surface area contributed by atoms with Crippen molar-refractivity contribution in [3.8, 4) is 0 Å². The molecular weight excluding hydrogens is 224 g/mol. The summed E-state index contributed by atoms with van der Waals surface area (Å²) in [5.41, 5.74) is 0. The Bertz CT molecular complexity index is 264. The number of esters is 1. The Labute approximate surface area is 102 Å². The first-order chi connectivity index (χ1) is 8.13. The molecule has 0 aliphatic rings. The zero-order chi connectivity index (χ0) is 13.1. The highest BCUT2D eigenvalue weighted by molar-refractivity contribution is 5.82. The first kappa shape index (κ1) is 15.7. The van der Waals surface area contributed by atoms with Crippen molar-refractivity contribution in [1.82, 2.24) is 0 Å². The van der Waals surface area contributed by atoms with E-state index >= 15 is 0 Å². The molecule has 0 unspecified atom stereocenters. The molecule has 0 aromatic rings. The van der Waals surface area contributed by atoms with Crippen LogP contribution in [0.4, 0.5) is 0 Å². The molecule has 0 aromatic carbocycles. The molecule has 0 saturated heterocycles. The normalized spacial score (nSPS) is 12.4. The lowest BCUT2D eigenvalue weighted by molar-refractivity contribution is -0.135. The van der Waals surface area contributed by atoms with Gasteiger partial charge in [0.05, 0.1) is 13.2 Å². The lowest BCUT2D eigenvalue weighted by atomic mass is 10.3. The number of ether oxygens (including phenoxy) is 3. The van der Waals surface area contributed by atoms with Gasteiger partial charge in [0, 0.05) is 19.6 Å². The number of carbonyl (C=O) groups is 1. The molecule has 0 aliphatic carbocycles. The van der Waals surface area contributed by atoms with Crippen molar-refractivity contribution in [2.24, 2.45) is 0 Å². The lowest BCUT2D eigenvalue weighted by Crippen LogP contribution is -2.16. The van der Waals surface area contributed by atoms with Crippen LogP contribution in [-0.4, -0.2) is 37.7 Å². The fourth-order valence-electron chi connectivity index (χ4n) is 1.08. The van der Waals surface area contributed by atoms with Crippen molar-refractivity contribution in [1.29, 1.82) is 0 Å². The van der Waals surface area contributed by atoms with Crippen LogP contribution < -0.4 is 0 Å². The minimum Gasteiger partial charge on any atom is -0.508 e. The number of hydrogen-bond donors (Lipinski definition) is 1. The predicted molar refractivity (Wildman–Crippen MR) is 63.5 cm³/mol. The van der Waals surface area contributed by atoms with Crippen LogP contribution in [-0.2, 0) is 19.0 Å². The minimum atomic E-state index is -0.599. The number of rotatable bonds is 8. The summed E-state index contributed by atoms with van der Waals surface area (Å²) in [5.74, 6) is -0.762. The van der Waals surface area contributed by atoms with Gasteiger partial charge in [0.1, 0.15) is 5.76 Å². The number of aliphatic hydroxyl groups excluding tert-OH is 1. The minimum absolute atomic E-state index is 0.163. The van der Waals surface area contributed by atoms with Gasteiger partial charge in [-0.25, -0.2) is 4.79 Å². The van der Waals surface area contributed by atoms with Gasteiger partial charge in [-0.05, 0) is 19.9 Å². The summed E-state index contributed by atoms with van der Waals surface area (Å²) in [7, 11) is 1.25. The molecule has 0 fully saturated rings. The number of carbonyl (C=O) groups excluding carboxylic acids is 1. The molecule has 98 valence electrons. The van der Waals surface area contributed by atoms with Crippen LogP contribution in [0.2, 0.25) is 0 Å². The van der Waals surface area contributed by atoms with Gasteiger partial charge in [-0.1, -0.05) is 6.08 Å². The molecule has 0 aliphatic heterocycles. The Balaban J connectivity index is 4.13. The predicted octanol–water partition coefficient (Wildman–Crippen LogP) is 1.95. The molecule has 1 N–H and O–H groups in total. The highest BCUT2D eigenvalue weighted by atomic mass is 16.7. The molecular formula is C12H20O5. The summed E-state index contributed by atoms with van der Waals surface area (Å²) in [4.78, 5) is 10.8. The largest absolute Gasteiger partial charge is 0.508 e. The fourth-order valence-corrected chi connectivity index (χ4v) is 1.08. The summed E-state index contributed by atoms with van der Waals surface area (Å²) >= 11 is 0. The number of hydrogen-bond acceptors (Lipinski definition) is 5. The SMILES string of the molecule is CCOC(CC=CC(O)=CC(=O)OC)OCC. The van der Waals surface area contributed by atoms with Gasteiger partial charge < -0.3 is 19.3 Å². The van der Waals surface area contributed by atoms with Gasteiger partial charge >= 0.3 is 5.97 Å². The van der Waals surface area contributed by atoms with Crippen molar-refractivity contribution in [2.45, 2.75) is 26.6 Å². The van der Waals surface area contributed by atoms with E-state index in [1.54, 1.807) is 6.08 Å². The van der Waals surface area contributed by atoms with Gasteiger partial charge in [-0.15, -0.1) is 0 Å². The van der Waals surface area contributed by atoms with Crippen molar-refractivity contribution >= 4 is 5.97 Å². The number of aliphatic hydroxyl groups is 1. The maximum atomic E-state index is 10.8. The summed E-state index contributed by atoms with van der Waals surface area (Å²) in [6.45, 7) is 4.87. The second-order valence-electron chi connectivity index (χ2n) is 3.07. The molecule has 17 heavy (non-hydrogen) atoms. The quantitative estimate of drug-likeness (QED) is 0.232. The number of methoxy groups -OCH3 is 1. The third-order valence-corrected chi connectivity index (χ3v) is 1.79. The van der Waals surface area contributed by atoms with E-state index in [0.717, 1.165) is 6.08 Å². The van der Waals surface area contributed by atoms with Gasteiger partial charge in [-0.3, -0.25) is 0 Å². The molecule has 0 amide bonds. The van der Waals surface area contributed by atoms with Crippen LogP contribution in [0, 0.1) is 0 Å². The standard InChI is InChI=1S/C12H20O5/c1-4-16-12(17-5-2)8-6-7-10(13)9-11(14)15-3/h6-7,9,12-13H,4-5,8H2,1-3H3. The van der Waals surface area contributed by atoms with E-state index in [1.165, 1.54) is 13.2 Å². The topological polar surface area (TPSA) is 65.0 Å². The molecule has 0 saturated carbocycles. The Morgan fingerprint density at radius 3 is 2.35 bits per heavy atom. The van der Waals surface area contributed by atoms with E-state index in [4.69, 9.17) is 9.47 Å². The van der Waals surface area contributed by atoms with Crippen LogP contribution in [0.1, 0.15) is 20.3 Å². The third kappa shape index (κ3) is 8.47. The molecule has 0 spiro atoms. The van der Waals surface area contributed by atoms with E-state index in [9.17, 15) is 9.90 Å². The first-order valence-electron chi connectivity index (χ1n) is 5.52. The van der Waals surface area contributed by atoms with E-state index in [0.29, 0.717) is 19.6 Å². The molecule has 5 heteroatoms. The molecule has 0 rings (SSSR count). The highest BCUT2D eigenvalue weighted by Crippen LogP contribution is 2.03. The average Bonchev–Trinajstić information content (AvgIpc) is 2.29. The average molecular weight is 244 g/mol. The van der Waals surface area contributed by atoms with E-state index in [2.05, 4.69) is 4.74 Å². The third-order valence-electron chi connectivity index (χ3n) is 1.79. The zero-order valence-corrected chi connectivity index (χ0v) is 10.5. The van der Waals surface area contributed by atoms with Crippen LogP contribution in [0.5, 0.6) is 0 Å². The maximum Gasteiger partial charge on any atom is 0.334 e. The van der Waals surface area contributed by atoms with Crippen LogP contribution >= 0.6 is 0 Å². The maximum absolute atomic E-state index is 10.8. The molecule has 5 nitrogen and oxygen atoms in total.